The highest BCUT2D eigenvalue weighted by atomic mass is 16.5. The Morgan fingerprint density at radius 1 is 1.10 bits per heavy atom. The molecule has 2 amide bonds. The molecule has 4 atom stereocenters. The van der Waals surface area contributed by atoms with Crippen molar-refractivity contribution in [2.75, 3.05) is 17.7 Å². The van der Waals surface area contributed by atoms with Crippen molar-refractivity contribution in [3.8, 4) is 5.75 Å². The van der Waals surface area contributed by atoms with Crippen LogP contribution in [0.3, 0.4) is 0 Å². The molecule has 1 fully saturated rings. The number of carboxylic acids is 1. The van der Waals surface area contributed by atoms with Crippen molar-refractivity contribution in [3.05, 3.63) is 60.4 Å². The second-order valence-corrected chi connectivity index (χ2v) is 7.44. The van der Waals surface area contributed by atoms with Gasteiger partial charge in [-0.25, -0.2) is 0 Å². The maximum absolute atomic E-state index is 12.8. The van der Waals surface area contributed by atoms with Crippen molar-refractivity contribution < 1.29 is 24.2 Å². The third-order valence-electron chi connectivity index (χ3n) is 5.69. The number of allylic oxidation sites excluding steroid dienone is 2. The van der Waals surface area contributed by atoms with Crippen LogP contribution in [0.1, 0.15) is 16.8 Å². The quantitative estimate of drug-likeness (QED) is 0.634. The van der Waals surface area contributed by atoms with Gasteiger partial charge < -0.3 is 20.5 Å². The lowest BCUT2D eigenvalue weighted by atomic mass is 9.82. The minimum atomic E-state index is -0.946. The number of carboxylic acid groups (broad SMARTS) is 1. The van der Waals surface area contributed by atoms with Crippen LogP contribution in [0.15, 0.2) is 54.9 Å². The molecule has 1 heterocycles. The summed E-state index contributed by atoms with van der Waals surface area (Å²) < 4.78 is 5.35. The van der Waals surface area contributed by atoms with Crippen molar-refractivity contribution in [1.82, 2.24) is 4.98 Å². The summed E-state index contributed by atoms with van der Waals surface area (Å²) in [5, 5.41) is 15.1. The van der Waals surface area contributed by atoms with E-state index in [-0.39, 0.29) is 23.7 Å². The Morgan fingerprint density at radius 3 is 2.53 bits per heavy atom. The molecule has 2 aromatic rings. The lowest BCUT2D eigenvalue weighted by Crippen LogP contribution is -2.36. The summed E-state index contributed by atoms with van der Waals surface area (Å²) in [5.41, 5.74) is 1.31. The monoisotopic (exact) mass is 407 g/mol. The summed E-state index contributed by atoms with van der Waals surface area (Å²) in [4.78, 5) is 40.8. The van der Waals surface area contributed by atoms with Gasteiger partial charge in [-0.2, -0.15) is 0 Å². The summed E-state index contributed by atoms with van der Waals surface area (Å²) in [5.74, 6) is -2.71. The normalized spacial score (nSPS) is 23.8. The molecular formula is C22H21N3O5. The first-order valence-corrected chi connectivity index (χ1v) is 9.59. The molecule has 154 valence electrons. The number of carbonyl (C=O) groups is 3. The zero-order valence-corrected chi connectivity index (χ0v) is 16.2. The lowest BCUT2D eigenvalue weighted by molar-refractivity contribution is -0.146. The number of carbonyl (C=O) groups excluding carboxylic acids is 2. The summed E-state index contributed by atoms with van der Waals surface area (Å²) in [6.45, 7) is 0. The topological polar surface area (TPSA) is 118 Å². The highest BCUT2D eigenvalue weighted by Gasteiger charge is 2.51. The third kappa shape index (κ3) is 3.63. The Balaban J connectivity index is 1.49. The number of anilines is 2. The van der Waals surface area contributed by atoms with E-state index in [2.05, 4.69) is 15.6 Å². The number of pyridine rings is 1. The van der Waals surface area contributed by atoms with Gasteiger partial charge in [-0.05, 0) is 42.5 Å². The number of hydrogen-bond acceptors (Lipinski definition) is 5. The van der Waals surface area contributed by atoms with E-state index in [1.165, 1.54) is 13.3 Å². The second kappa shape index (κ2) is 7.98. The largest absolute Gasteiger partial charge is 0.494 e. The maximum atomic E-state index is 12.8. The highest BCUT2D eigenvalue weighted by molar-refractivity contribution is 6.05. The summed E-state index contributed by atoms with van der Waals surface area (Å²) in [6, 6.07) is 8.16. The number of amides is 2. The van der Waals surface area contributed by atoms with E-state index < -0.39 is 17.8 Å². The SMILES string of the molecule is COc1cc(NC(=O)[C@@H]2[C@@H](C(=O)O)[C@H]3C=C[C@H]2C3)ccc1NC(=O)c1cccnc1. The molecule has 0 radical (unpaired) electrons. The van der Waals surface area contributed by atoms with Crippen LogP contribution in [-0.4, -0.2) is 35.0 Å². The van der Waals surface area contributed by atoms with E-state index in [4.69, 9.17) is 4.74 Å². The van der Waals surface area contributed by atoms with Gasteiger partial charge in [0.1, 0.15) is 5.75 Å². The summed E-state index contributed by atoms with van der Waals surface area (Å²) in [7, 11) is 1.46. The molecule has 2 aliphatic rings. The molecule has 30 heavy (non-hydrogen) atoms. The van der Waals surface area contributed by atoms with Crippen LogP contribution in [0.2, 0.25) is 0 Å². The van der Waals surface area contributed by atoms with Crippen molar-refractivity contribution in [3.63, 3.8) is 0 Å². The molecule has 0 spiro atoms. The average molecular weight is 407 g/mol. The van der Waals surface area contributed by atoms with Crippen LogP contribution in [0, 0.1) is 23.7 Å². The fraction of sp³-hybridized carbons (Fsp3) is 0.273. The predicted octanol–water partition coefficient (Wildman–Crippen LogP) is 2.80. The van der Waals surface area contributed by atoms with Gasteiger partial charge in [0, 0.05) is 24.1 Å². The van der Waals surface area contributed by atoms with Crippen LogP contribution < -0.4 is 15.4 Å². The maximum Gasteiger partial charge on any atom is 0.307 e. The summed E-state index contributed by atoms with van der Waals surface area (Å²) in [6.07, 6.45) is 7.56. The Hall–Kier alpha value is -3.68. The van der Waals surface area contributed by atoms with E-state index in [0.717, 1.165) is 0 Å². The first kappa shape index (κ1) is 19.6. The van der Waals surface area contributed by atoms with Crippen LogP contribution in [-0.2, 0) is 9.59 Å². The van der Waals surface area contributed by atoms with Gasteiger partial charge >= 0.3 is 5.97 Å². The number of benzene rings is 1. The number of aliphatic carboxylic acids is 1. The Bertz CT molecular complexity index is 1020. The van der Waals surface area contributed by atoms with Gasteiger partial charge in [-0.3, -0.25) is 19.4 Å². The molecule has 3 N–H and O–H groups in total. The van der Waals surface area contributed by atoms with Crippen LogP contribution in [0.4, 0.5) is 11.4 Å². The number of nitrogens with zero attached hydrogens (tertiary/aromatic N) is 1. The molecule has 1 aromatic carbocycles. The number of aromatic nitrogens is 1. The van der Waals surface area contributed by atoms with Gasteiger partial charge in [-0.15, -0.1) is 0 Å². The smallest absolute Gasteiger partial charge is 0.307 e. The lowest BCUT2D eigenvalue weighted by Gasteiger charge is -2.24. The standard InChI is InChI=1S/C22H21N3O5/c1-30-17-10-15(6-7-16(17)25-20(26)14-3-2-8-23-11-14)24-21(27)18-12-4-5-13(9-12)19(18)22(28)29/h2-8,10-13,18-19H,9H2,1H3,(H,24,27)(H,25,26)(H,28,29)/t12-,13-,18-,19-/m0/s1. The number of ether oxygens (including phenoxy) is 1. The minimum Gasteiger partial charge on any atom is -0.494 e. The van der Waals surface area contributed by atoms with Gasteiger partial charge in [-0.1, -0.05) is 12.2 Å². The zero-order valence-electron chi connectivity index (χ0n) is 16.2. The number of hydrogen-bond donors (Lipinski definition) is 3. The van der Waals surface area contributed by atoms with Gasteiger partial charge in [0.2, 0.25) is 5.91 Å². The second-order valence-electron chi connectivity index (χ2n) is 7.44. The molecular weight excluding hydrogens is 386 g/mol. The van der Waals surface area contributed by atoms with E-state index in [1.54, 1.807) is 36.5 Å². The first-order chi connectivity index (χ1) is 14.5. The molecule has 0 saturated heterocycles. The predicted molar refractivity (Wildman–Crippen MR) is 109 cm³/mol. The zero-order chi connectivity index (χ0) is 21.3. The molecule has 0 unspecified atom stereocenters. The number of rotatable bonds is 6. The van der Waals surface area contributed by atoms with Gasteiger partial charge in [0.15, 0.2) is 0 Å². The minimum absolute atomic E-state index is 0.0592. The van der Waals surface area contributed by atoms with Gasteiger partial charge in [0.25, 0.3) is 5.91 Å². The van der Waals surface area contributed by atoms with E-state index in [0.29, 0.717) is 29.1 Å². The highest BCUT2D eigenvalue weighted by Crippen LogP contribution is 2.48. The molecule has 0 aliphatic heterocycles. The number of nitrogens with one attached hydrogen (secondary N) is 2. The van der Waals surface area contributed by atoms with Crippen molar-refractivity contribution in [2.45, 2.75) is 6.42 Å². The van der Waals surface area contributed by atoms with Crippen LogP contribution in [0.5, 0.6) is 5.75 Å². The fourth-order valence-corrected chi connectivity index (χ4v) is 4.31. The molecule has 8 nitrogen and oxygen atoms in total. The molecule has 2 aliphatic carbocycles. The third-order valence-corrected chi connectivity index (χ3v) is 5.69. The Morgan fingerprint density at radius 2 is 1.87 bits per heavy atom. The fourth-order valence-electron chi connectivity index (χ4n) is 4.31. The average Bonchev–Trinajstić information content (AvgIpc) is 3.37. The Kier molecular flexibility index (Phi) is 5.22. The number of methoxy groups -OCH3 is 1. The molecule has 1 aromatic heterocycles. The van der Waals surface area contributed by atoms with Crippen molar-refractivity contribution >= 4 is 29.2 Å². The van der Waals surface area contributed by atoms with E-state index in [1.807, 2.05) is 12.2 Å². The van der Waals surface area contributed by atoms with Crippen molar-refractivity contribution in [2.24, 2.45) is 23.7 Å². The Labute approximate surface area is 173 Å². The van der Waals surface area contributed by atoms with Crippen LogP contribution in [0.25, 0.3) is 0 Å². The first-order valence-electron chi connectivity index (χ1n) is 9.59. The molecule has 2 bridgehead atoms. The van der Waals surface area contributed by atoms with E-state index >= 15 is 0 Å². The summed E-state index contributed by atoms with van der Waals surface area (Å²) >= 11 is 0. The number of fused-ring (bicyclic) bond motifs is 2. The molecule has 4 rings (SSSR count). The van der Waals surface area contributed by atoms with Crippen LogP contribution >= 0.6 is 0 Å². The van der Waals surface area contributed by atoms with Gasteiger partial charge in [0.05, 0.1) is 30.2 Å². The molecule has 1 saturated carbocycles. The van der Waals surface area contributed by atoms with E-state index in [9.17, 15) is 19.5 Å². The van der Waals surface area contributed by atoms with Crippen molar-refractivity contribution in [1.29, 1.82) is 0 Å². The molecule has 8 heteroatoms.